The molecule has 1 heterocycles. The van der Waals surface area contributed by atoms with Crippen molar-refractivity contribution in [3.63, 3.8) is 0 Å². The number of carbonyl (C=O) groups excluding carboxylic acids is 1. The Bertz CT molecular complexity index is 753. The zero-order valence-electron chi connectivity index (χ0n) is 10.8. The van der Waals surface area contributed by atoms with E-state index in [1.807, 2.05) is 0 Å². The van der Waals surface area contributed by atoms with Gasteiger partial charge in [-0.2, -0.15) is 5.10 Å². The van der Waals surface area contributed by atoms with Crippen molar-refractivity contribution >= 4 is 34.1 Å². The zero-order valence-corrected chi connectivity index (χ0v) is 11.6. The summed E-state index contributed by atoms with van der Waals surface area (Å²) in [4.78, 5) is 32.2. The van der Waals surface area contributed by atoms with E-state index in [-0.39, 0.29) is 16.3 Å². The summed E-state index contributed by atoms with van der Waals surface area (Å²) in [5.41, 5.74) is 2.32. The van der Waals surface area contributed by atoms with Crippen LogP contribution in [-0.2, 0) is 0 Å². The molecule has 0 unspecified atom stereocenters. The smallest absolute Gasteiger partial charge is 0.267 e. The second-order valence-electron chi connectivity index (χ2n) is 3.94. The number of rotatable bonds is 5. The third-order valence-electron chi connectivity index (χ3n) is 2.49. The molecule has 0 radical (unpaired) electrons. The molecule has 0 aliphatic heterocycles. The van der Waals surface area contributed by atoms with Crippen LogP contribution in [0, 0.1) is 20.2 Å². The number of hydrogen-bond acceptors (Lipinski definition) is 7. The summed E-state index contributed by atoms with van der Waals surface area (Å²) in [6, 6.07) is 7.87. The van der Waals surface area contributed by atoms with Crippen molar-refractivity contribution in [2.75, 3.05) is 0 Å². The molecule has 0 atom stereocenters. The number of thiophene rings is 1. The number of nitrogens with zero attached hydrogens (tertiary/aromatic N) is 3. The molecule has 0 fully saturated rings. The highest BCUT2D eigenvalue weighted by Crippen LogP contribution is 2.22. The van der Waals surface area contributed by atoms with Crippen LogP contribution in [0.15, 0.2) is 41.5 Å². The van der Waals surface area contributed by atoms with Gasteiger partial charge in [0.25, 0.3) is 11.6 Å². The lowest BCUT2D eigenvalue weighted by molar-refractivity contribution is -0.384. The van der Waals surface area contributed by atoms with Gasteiger partial charge in [0.1, 0.15) is 0 Å². The molecule has 0 spiro atoms. The molecule has 10 heteroatoms. The van der Waals surface area contributed by atoms with Crippen molar-refractivity contribution in [1.29, 1.82) is 0 Å². The summed E-state index contributed by atoms with van der Waals surface area (Å²) in [6.07, 6.45) is 1.28. The minimum atomic E-state index is -0.566. The highest BCUT2D eigenvalue weighted by Gasteiger charge is 2.10. The van der Waals surface area contributed by atoms with Crippen molar-refractivity contribution < 1.29 is 14.6 Å². The average Bonchev–Trinajstić information content (AvgIpc) is 2.96. The molecular formula is C12H8N4O5S. The van der Waals surface area contributed by atoms with Crippen molar-refractivity contribution in [2.24, 2.45) is 5.10 Å². The molecule has 0 bridgehead atoms. The van der Waals surface area contributed by atoms with Crippen LogP contribution in [0.2, 0.25) is 0 Å². The van der Waals surface area contributed by atoms with E-state index in [4.69, 9.17) is 0 Å². The number of amides is 1. The largest absolute Gasteiger partial charge is 0.324 e. The Labute approximate surface area is 127 Å². The zero-order chi connectivity index (χ0) is 16.1. The maximum absolute atomic E-state index is 11.7. The molecule has 2 rings (SSSR count). The minimum Gasteiger partial charge on any atom is -0.267 e. The van der Waals surface area contributed by atoms with Crippen LogP contribution >= 0.6 is 11.3 Å². The van der Waals surface area contributed by atoms with Crippen molar-refractivity contribution in [2.45, 2.75) is 0 Å². The van der Waals surface area contributed by atoms with Crippen molar-refractivity contribution in [3.8, 4) is 0 Å². The summed E-state index contributed by atoms with van der Waals surface area (Å²) < 4.78 is 0. The number of nitrogens with one attached hydrogen (secondary N) is 1. The van der Waals surface area contributed by atoms with Crippen molar-refractivity contribution in [1.82, 2.24) is 5.43 Å². The molecule has 112 valence electrons. The number of nitro benzene ring substituents is 1. The van der Waals surface area contributed by atoms with Crippen LogP contribution in [0.3, 0.4) is 0 Å². The normalized spacial score (nSPS) is 10.5. The number of carbonyl (C=O) groups is 1. The maximum Gasteiger partial charge on any atom is 0.324 e. The first-order valence-electron chi connectivity index (χ1n) is 5.79. The van der Waals surface area contributed by atoms with Crippen LogP contribution in [0.4, 0.5) is 10.7 Å². The van der Waals surface area contributed by atoms with Gasteiger partial charge in [0.05, 0.1) is 20.9 Å². The van der Waals surface area contributed by atoms with Gasteiger partial charge in [0.2, 0.25) is 0 Å². The molecule has 1 amide bonds. The lowest BCUT2D eigenvalue weighted by Crippen LogP contribution is -2.17. The van der Waals surface area contributed by atoms with Crippen LogP contribution in [0.25, 0.3) is 0 Å². The SMILES string of the molecule is O=C(N/N=C\c1ccc([N+](=O)[O-])s1)c1ccc([N+](=O)[O-])cc1. The standard InChI is InChI=1S/C12H8N4O5S/c17-12(8-1-3-9(4-2-8)15(18)19)14-13-7-10-5-6-11(22-10)16(20)21/h1-7H,(H,14,17)/b13-7-. The lowest BCUT2D eigenvalue weighted by Gasteiger charge is -1.98. The van der Waals surface area contributed by atoms with Gasteiger partial charge in [-0.1, -0.05) is 11.3 Å². The molecule has 22 heavy (non-hydrogen) atoms. The second-order valence-corrected chi connectivity index (χ2v) is 5.03. The van der Waals surface area contributed by atoms with Crippen molar-refractivity contribution in [3.05, 3.63) is 67.1 Å². The minimum absolute atomic E-state index is 0.0249. The Morgan fingerprint density at radius 1 is 1.09 bits per heavy atom. The number of non-ortho nitro benzene ring substituents is 1. The fraction of sp³-hybridized carbons (Fsp3) is 0. The molecule has 9 nitrogen and oxygen atoms in total. The molecule has 0 aliphatic rings. The third-order valence-corrected chi connectivity index (χ3v) is 3.46. The van der Waals surface area contributed by atoms with Gasteiger partial charge in [0, 0.05) is 23.8 Å². The van der Waals surface area contributed by atoms with E-state index in [0.29, 0.717) is 4.88 Å². The van der Waals surface area contributed by atoms with Gasteiger partial charge in [0.15, 0.2) is 0 Å². The molecular weight excluding hydrogens is 312 g/mol. The molecule has 0 aliphatic carbocycles. The molecule has 1 N–H and O–H groups in total. The number of nitro groups is 2. The first-order valence-corrected chi connectivity index (χ1v) is 6.61. The molecule has 2 aromatic rings. The summed E-state index contributed by atoms with van der Waals surface area (Å²) in [7, 11) is 0. The number of benzene rings is 1. The Morgan fingerprint density at radius 2 is 1.77 bits per heavy atom. The second kappa shape index (κ2) is 6.54. The van der Waals surface area contributed by atoms with Gasteiger partial charge in [-0.15, -0.1) is 0 Å². The summed E-state index contributed by atoms with van der Waals surface area (Å²) >= 11 is 0.919. The highest BCUT2D eigenvalue weighted by atomic mass is 32.1. The quantitative estimate of drug-likeness (QED) is 0.513. The summed E-state index contributed by atoms with van der Waals surface area (Å²) in [6.45, 7) is 0. The first-order chi connectivity index (χ1) is 10.5. The fourth-order valence-corrected chi connectivity index (χ4v) is 2.16. The molecule has 1 aromatic heterocycles. The van der Waals surface area contributed by atoms with E-state index in [0.717, 1.165) is 11.3 Å². The van der Waals surface area contributed by atoms with Gasteiger partial charge >= 0.3 is 5.00 Å². The highest BCUT2D eigenvalue weighted by molar-refractivity contribution is 7.16. The Morgan fingerprint density at radius 3 is 2.32 bits per heavy atom. The topological polar surface area (TPSA) is 128 Å². The monoisotopic (exact) mass is 320 g/mol. The predicted molar refractivity (Wildman–Crippen MR) is 79.1 cm³/mol. The Balaban J connectivity index is 1.98. The van der Waals surface area contributed by atoms with E-state index >= 15 is 0 Å². The first kappa shape index (κ1) is 15.3. The van der Waals surface area contributed by atoms with E-state index in [1.165, 1.54) is 42.6 Å². The van der Waals surface area contributed by atoms with Crippen LogP contribution in [0.5, 0.6) is 0 Å². The van der Waals surface area contributed by atoms with E-state index in [1.54, 1.807) is 0 Å². The van der Waals surface area contributed by atoms with Gasteiger partial charge in [-0.3, -0.25) is 25.0 Å². The third kappa shape index (κ3) is 3.70. The summed E-state index contributed by atoms with van der Waals surface area (Å²) in [5, 5.41) is 24.7. The number of hydrogen-bond donors (Lipinski definition) is 1. The Hall–Kier alpha value is -3.14. The lowest BCUT2D eigenvalue weighted by atomic mass is 10.2. The van der Waals surface area contributed by atoms with Gasteiger partial charge in [-0.25, -0.2) is 5.43 Å². The van der Waals surface area contributed by atoms with E-state index in [9.17, 15) is 25.0 Å². The van der Waals surface area contributed by atoms with Crippen LogP contribution in [-0.4, -0.2) is 22.0 Å². The van der Waals surface area contributed by atoms with Gasteiger partial charge in [-0.05, 0) is 18.2 Å². The Kier molecular flexibility index (Phi) is 4.53. The van der Waals surface area contributed by atoms with Crippen LogP contribution < -0.4 is 5.43 Å². The summed E-state index contributed by atoms with van der Waals surface area (Å²) in [5.74, 6) is -0.544. The fourth-order valence-electron chi connectivity index (χ4n) is 1.46. The molecule has 0 saturated heterocycles. The van der Waals surface area contributed by atoms with E-state index < -0.39 is 15.8 Å². The predicted octanol–water partition coefficient (Wildman–Crippen LogP) is 2.33. The average molecular weight is 320 g/mol. The maximum atomic E-state index is 11.7. The number of hydrazone groups is 1. The van der Waals surface area contributed by atoms with Gasteiger partial charge < -0.3 is 0 Å². The van der Waals surface area contributed by atoms with Crippen LogP contribution in [0.1, 0.15) is 15.2 Å². The van der Waals surface area contributed by atoms with E-state index in [2.05, 4.69) is 10.5 Å². The molecule has 1 aromatic carbocycles. The molecule has 0 saturated carbocycles.